The van der Waals surface area contributed by atoms with Crippen molar-refractivity contribution in [2.75, 3.05) is 17.6 Å². The Morgan fingerprint density at radius 3 is 2.46 bits per heavy atom. The van der Waals surface area contributed by atoms with Crippen molar-refractivity contribution in [2.45, 2.75) is 44.7 Å². The SMILES string of the molecule is CCCCNc1nc(SCCCC)nc2cc(-c3ccccc3)ccc12. The van der Waals surface area contributed by atoms with Crippen LogP contribution in [0.5, 0.6) is 0 Å². The number of nitrogens with one attached hydrogen (secondary N) is 1. The normalized spacial score (nSPS) is 11.0. The lowest BCUT2D eigenvalue weighted by Gasteiger charge is -2.11. The molecule has 136 valence electrons. The van der Waals surface area contributed by atoms with Crippen LogP contribution in [0.4, 0.5) is 5.82 Å². The van der Waals surface area contributed by atoms with Crippen LogP contribution in [0.25, 0.3) is 22.0 Å². The first-order valence-corrected chi connectivity index (χ1v) is 10.5. The lowest BCUT2D eigenvalue weighted by molar-refractivity contribution is 0.828. The van der Waals surface area contributed by atoms with Crippen LogP contribution in [0.1, 0.15) is 39.5 Å². The van der Waals surface area contributed by atoms with Gasteiger partial charge in [-0.05, 0) is 36.1 Å². The Labute approximate surface area is 160 Å². The molecule has 3 nitrogen and oxygen atoms in total. The molecule has 0 aliphatic heterocycles. The largest absolute Gasteiger partial charge is 0.369 e. The summed E-state index contributed by atoms with van der Waals surface area (Å²) < 4.78 is 0. The highest BCUT2D eigenvalue weighted by molar-refractivity contribution is 7.99. The average molecular weight is 366 g/mol. The maximum absolute atomic E-state index is 4.83. The number of anilines is 1. The molecule has 26 heavy (non-hydrogen) atoms. The average Bonchev–Trinajstić information content (AvgIpc) is 2.68. The summed E-state index contributed by atoms with van der Waals surface area (Å²) in [5.41, 5.74) is 3.42. The molecule has 0 saturated carbocycles. The van der Waals surface area contributed by atoms with E-state index in [4.69, 9.17) is 9.97 Å². The Morgan fingerprint density at radius 1 is 0.885 bits per heavy atom. The molecule has 0 aliphatic carbocycles. The van der Waals surface area contributed by atoms with Crippen molar-refractivity contribution < 1.29 is 0 Å². The van der Waals surface area contributed by atoms with Crippen molar-refractivity contribution in [1.82, 2.24) is 9.97 Å². The van der Waals surface area contributed by atoms with Crippen LogP contribution >= 0.6 is 11.8 Å². The maximum Gasteiger partial charge on any atom is 0.190 e. The molecule has 1 N–H and O–H groups in total. The smallest absolute Gasteiger partial charge is 0.190 e. The Hall–Kier alpha value is -2.07. The summed E-state index contributed by atoms with van der Waals surface area (Å²) in [7, 11) is 0. The summed E-state index contributed by atoms with van der Waals surface area (Å²) in [6.07, 6.45) is 4.70. The van der Waals surface area contributed by atoms with Crippen LogP contribution in [0.15, 0.2) is 53.7 Å². The van der Waals surface area contributed by atoms with Crippen LogP contribution in [0.2, 0.25) is 0 Å². The number of thioether (sulfide) groups is 1. The summed E-state index contributed by atoms with van der Waals surface area (Å²) in [5.74, 6) is 2.02. The molecular formula is C22H27N3S. The number of nitrogens with zero attached hydrogens (tertiary/aromatic N) is 2. The number of benzene rings is 2. The van der Waals surface area contributed by atoms with E-state index in [1.807, 2.05) is 6.07 Å². The number of hydrogen-bond acceptors (Lipinski definition) is 4. The zero-order chi connectivity index (χ0) is 18.2. The van der Waals surface area contributed by atoms with Crippen LogP contribution in [-0.4, -0.2) is 22.3 Å². The lowest BCUT2D eigenvalue weighted by Crippen LogP contribution is -2.05. The number of aromatic nitrogens is 2. The quantitative estimate of drug-likeness (QED) is 0.270. The third kappa shape index (κ3) is 4.76. The number of hydrogen-bond donors (Lipinski definition) is 1. The summed E-state index contributed by atoms with van der Waals surface area (Å²) in [4.78, 5) is 9.62. The fraction of sp³-hybridized carbons (Fsp3) is 0.364. The molecule has 0 aliphatic rings. The molecule has 0 spiro atoms. The van der Waals surface area contributed by atoms with Gasteiger partial charge in [0.1, 0.15) is 5.82 Å². The van der Waals surface area contributed by atoms with Gasteiger partial charge in [-0.25, -0.2) is 9.97 Å². The van der Waals surface area contributed by atoms with Crippen LogP contribution in [0, 0.1) is 0 Å². The van der Waals surface area contributed by atoms with Crippen molar-refractivity contribution in [2.24, 2.45) is 0 Å². The van der Waals surface area contributed by atoms with Crippen molar-refractivity contribution in [3.05, 3.63) is 48.5 Å². The number of fused-ring (bicyclic) bond motifs is 1. The van der Waals surface area contributed by atoms with E-state index in [2.05, 4.69) is 61.6 Å². The van der Waals surface area contributed by atoms with Crippen molar-refractivity contribution >= 4 is 28.5 Å². The Morgan fingerprint density at radius 2 is 1.69 bits per heavy atom. The van der Waals surface area contributed by atoms with Gasteiger partial charge >= 0.3 is 0 Å². The molecule has 1 heterocycles. The Balaban J connectivity index is 1.97. The van der Waals surface area contributed by atoms with Gasteiger partial charge in [0, 0.05) is 17.7 Å². The fourth-order valence-corrected chi connectivity index (χ4v) is 3.74. The first-order chi connectivity index (χ1) is 12.8. The van der Waals surface area contributed by atoms with E-state index in [-0.39, 0.29) is 0 Å². The zero-order valence-corrected chi connectivity index (χ0v) is 16.5. The van der Waals surface area contributed by atoms with Gasteiger partial charge in [-0.2, -0.15) is 0 Å². The molecule has 3 rings (SSSR count). The van der Waals surface area contributed by atoms with Gasteiger partial charge in [0.15, 0.2) is 5.16 Å². The molecule has 0 amide bonds. The van der Waals surface area contributed by atoms with Gasteiger partial charge in [0.25, 0.3) is 0 Å². The molecule has 0 radical (unpaired) electrons. The van der Waals surface area contributed by atoms with Crippen LogP contribution in [-0.2, 0) is 0 Å². The van der Waals surface area contributed by atoms with Gasteiger partial charge in [-0.3, -0.25) is 0 Å². The first kappa shape index (κ1) is 18.7. The van der Waals surface area contributed by atoms with Crippen molar-refractivity contribution in [1.29, 1.82) is 0 Å². The minimum absolute atomic E-state index is 0.871. The van der Waals surface area contributed by atoms with Gasteiger partial charge < -0.3 is 5.32 Å². The van der Waals surface area contributed by atoms with E-state index in [1.54, 1.807) is 11.8 Å². The highest BCUT2D eigenvalue weighted by Crippen LogP contribution is 2.29. The van der Waals surface area contributed by atoms with Crippen molar-refractivity contribution in [3.8, 4) is 11.1 Å². The molecule has 0 atom stereocenters. The zero-order valence-electron chi connectivity index (χ0n) is 15.7. The van der Waals surface area contributed by atoms with E-state index in [0.29, 0.717) is 0 Å². The van der Waals surface area contributed by atoms with Gasteiger partial charge in [-0.1, -0.05) is 74.8 Å². The minimum Gasteiger partial charge on any atom is -0.369 e. The van der Waals surface area contributed by atoms with Gasteiger partial charge in [0.2, 0.25) is 0 Å². The third-order valence-electron chi connectivity index (χ3n) is 4.34. The van der Waals surface area contributed by atoms with E-state index in [1.165, 1.54) is 30.4 Å². The van der Waals surface area contributed by atoms with E-state index < -0.39 is 0 Å². The molecule has 0 saturated heterocycles. The topological polar surface area (TPSA) is 37.8 Å². The molecule has 0 bridgehead atoms. The highest BCUT2D eigenvalue weighted by atomic mass is 32.2. The highest BCUT2D eigenvalue weighted by Gasteiger charge is 2.09. The third-order valence-corrected chi connectivity index (χ3v) is 5.27. The molecule has 0 unspecified atom stereocenters. The second-order valence-corrected chi connectivity index (χ2v) is 7.50. The number of unbranched alkanes of at least 4 members (excludes halogenated alkanes) is 2. The molecular weight excluding hydrogens is 338 g/mol. The van der Waals surface area contributed by atoms with Gasteiger partial charge in [-0.15, -0.1) is 0 Å². The summed E-state index contributed by atoms with van der Waals surface area (Å²) >= 11 is 1.75. The second-order valence-electron chi connectivity index (χ2n) is 6.44. The Bertz CT molecular complexity index is 833. The second kappa shape index (κ2) is 9.58. The minimum atomic E-state index is 0.871. The molecule has 0 fully saturated rings. The predicted molar refractivity (Wildman–Crippen MR) is 114 cm³/mol. The summed E-state index contributed by atoms with van der Waals surface area (Å²) in [5, 5.41) is 5.48. The lowest BCUT2D eigenvalue weighted by atomic mass is 10.0. The fourth-order valence-electron chi connectivity index (χ4n) is 2.81. The van der Waals surface area contributed by atoms with Crippen LogP contribution < -0.4 is 5.32 Å². The van der Waals surface area contributed by atoms with Gasteiger partial charge in [0.05, 0.1) is 5.52 Å². The molecule has 2 aromatic carbocycles. The van der Waals surface area contributed by atoms with Crippen LogP contribution in [0.3, 0.4) is 0 Å². The van der Waals surface area contributed by atoms with E-state index in [9.17, 15) is 0 Å². The van der Waals surface area contributed by atoms with E-state index >= 15 is 0 Å². The monoisotopic (exact) mass is 365 g/mol. The summed E-state index contributed by atoms with van der Waals surface area (Å²) in [6.45, 7) is 5.37. The molecule has 3 aromatic rings. The van der Waals surface area contributed by atoms with E-state index in [0.717, 1.165) is 40.6 Å². The Kier molecular flexibility index (Phi) is 6.89. The number of rotatable bonds is 9. The first-order valence-electron chi connectivity index (χ1n) is 9.55. The molecule has 4 heteroatoms. The van der Waals surface area contributed by atoms with Crippen molar-refractivity contribution in [3.63, 3.8) is 0 Å². The molecule has 1 aromatic heterocycles. The summed E-state index contributed by atoms with van der Waals surface area (Å²) in [6, 6.07) is 17.0. The standard InChI is InChI=1S/C22H27N3S/c1-3-5-14-23-21-19-13-12-18(17-10-8-7-9-11-17)16-20(19)24-22(25-21)26-15-6-4-2/h7-13,16H,3-6,14-15H2,1-2H3,(H,23,24,25). The predicted octanol–water partition coefficient (Wildman–Crippen LogP) is 6.40. The maximum atomic E-state index is 4.83.